The lowest BCUT2D eigenvalue weighted by Crippen LogP contribution is -2.62. The highest BCUT2D eigenvalue weighted by Crippen LogP contribution is 2.37. The van der Waals surface area contributed by atoms with Crippen LogP contribution in [0.5, 0.6) is 0 Å². The van der Waals surface area contributed by atoms with Crippen LogP contribution in [0.2, 0.25) is 0 Å². The van der Waals surface area contributed by atoms with E-state index in [0.29, 0.717) is 18.9 Å². The highest BCUT2D eigenvalue weighted by Gasteiger charge is 2.44. The van der Waals surface area contributed by atoms with Gasteiger partial charge in [-0.25, -0.2) is 4.98 Å². The number of carbonyl (C=O) groups is 1. The second-order valence-electron chi connectivity index (χ2n) is 6.11. The Morgan fingerprint density at radius 1 is 1.43 bits per heavy atom. The average Bonchev–Trinajstić information content (AvgIpc) is 2.96. The number of hydrogen-bond donors (Lipinski definition) is 0. The second kappa shape index (κ2) is 6.28. The number of aromatic nitrogens is 1. The van der Waals surface area contributed by atoms with Gasteiger partial charge < -0.3 is 4.90 Å². The number of rotatable bonds is 4. The highest BCUT2D eigenvalue weighted by molar-refractivity contribution is 7.09. The molecule has 0 saturated carbocycles. The SMILES string of the molecule is C=CCN1C(=O)CCC[C@@]12CCCN(Cc1nccs1)C2. The predicted octanol–water partition coefficient (Wildman–Crippen LogP) is 2.68. The maximum atomic E-state index is 12.3. The summed E-state index contributed by atoms with van der Waals surface area (Å²) in [6.45, 7) is 7.51. The van der Waals surface area contributed by atoms with Crippen LogP contribution in [0.15, 0.2) is 24.2 Å². The topological polar surface area (TPSA) is 36.4 Å². The summed E-state index contributed by atoms with van der Waals surface area (Å²) in [7, 11) is 0. The van der Waals surface area contributed by atoms with E-state index in [-0.39, 0.29) is 5.54 Å². The summed E-state index contributed by atoms with van der Waals surface area (Å²) in [5, 5.41) is 3.20. The molecule has 5 heteroatoms. The fourth-order valence-corrected chi connectivity index (χ4v) is 4.47. The van der Waals surface area contributed by atoms with Gasteiger partial charge in [-0.05, 0) is 32.2 Å². The quantitative estimate of drug-likeness (QED) is 0.803. The van der Waals surface area contributed by atoms with Crippen LogP contribution in [0.3, 0.4) is 0 Å². The standard InChI is InChI=1S/C16H23N3OS/c1-2-9-19-15(20)5-3-6-16(19)7-4-10-18(13-16)12-14-17-8-11-21-14/h2,8,11H,1,3-7,9-10,12-13H2/t16-/m0/s1. The van der Waals surface area contributed by atoms with Crippen molar-refractivity contribution in [3.63, 3.8) is 0 Å². The van der Waals surface area contributed by atoms with Crippen LogP contribution in [0.4, 0.5) is 0 Å². The average molecular weight is 305 g/mol. The van der Waals surface area contributed by atoms with Crippen LogP contribution in [-0.2, 0) is 11.3 Å². The summed E-state index contributed by atoms with van der Waals surface area (Å²) < 4.78 is 0. The molecule has 2 saturated heterocycles. The minimum Gasteiger partial charge on any atom is -0.332 e. The monoisotopic (exact) mass is 305 g/mol. The first-order valence-corrected chi connectivity index (χ1v) is 8.64. The Hall–Kier alpha value is -1.20. The van der Waals surface area contributed by atoms with E-state index in [2.05, 4.69) is 21.4 Å². The lowest BCUT2D eigenvalue weighted by Gasteiger charge is -2.52. The van der Waals surface area contributed by atoms with Crippen molar-refractivity contribution in [3.05, 3.63) is 29.2 Å². The molecule has 1 atom stereocenters. The molecular weight excluding hydrogens is 282 g/mol. The molecule has 1 amide bonds. The summed E-state index contributed by atoms with van der Waals surface area (Å²) in [6.07, 6.45) is 8.87. The van der Waals surface area contributed by atoms with Crippen LogP contribution < -0.4 is 0 Å². The molecule has 2 aliphatic heterocycles. The van der Waals surface area contributed by atoms with Crippen molar-refractivity contribution in [1.29, 1.82) is 0 Å². The minimum atomic E-state index is 0.0268. The van der Waals surface area contributed by atoms with Gasteiger partial charge in [0.2, 0.25) is 5.91 Å². The van der Waals surface area contributed by atoms with Gasteiger partial charge in [0.15, 0.2) is 0 Å². The fraction of sp³-hybridized carbons (Fsp3) is 0.625. The first-order valence-electron chi connectivity index (χ1n) is 7.76. The van der Waals surface area contributed by atoms with Gasteiger partial charge in [-0.15, -0.1) is 17.9 Å². The zero-order valence-electron chi connectivity index (χ0n) is 12.5. The Labute approximate surface area is 130 Å². The molecule has 1 aromatic rings. The first-order chi connectivity index (χ1) is 10.2. The Kier molecular flexibility index (Phi) is 4.40. The molecule has 2 aliphatic rings. The van der Waals surface area contributed by atoms with Crippen LogP contribution in [0, 0.1) is 0 Å². The molecule has 1 spiro atoms. The number of piperidine rings is 2. The molecule has 0 aliphatic carbocycles. The van der Waals surface area contributed by atoms with E-state index in [9.17, 15) is 4.79 Å². The third-order valence-corrected chi connectivity index (χ3v) is 5.46. The van der Waals surface area contributed by atoms with Crippen molar-refractivity contribution in [1.82, 2.24) is 14.8 Å². The van der Waals surface area contributed by atoms with Crippen molar-refractivity contribution in [2.75, 3.05) is 19.6 Å². The number of thiazole rings is 1. The van der Waals surface area contributed by atoms with Crippen molar-refractivity contribution < 1.29 is 4.79 Å². The van der Waals surface area contributed by atoms with Crippen molar-refractivity contribution in [3.8, 4) is 0 Å². The molecule has 0 unspecified atom stereocenters. The minimum absolute atomic E-state index is 0.0268. The zero-order valence-corrected chi connectivity index (χ0v) is 13.3. The summed E-state index contributed by atoms with van der Waals surface area (Å²) >= 11 is 1.71. The number of amides is 1. The Bertz CT molecular complexity index is 498. The summed E-state index contributed by atoms with van der Waals surface area (Å²) in [4.78, 5) is 21.3. The van der Waals surface area contributed by atoms with E-state index in [1.54, 1.807) is 11.3 Å². The first kappa shape index (κ1) is 14.7. The van der Waals surface area contributed by atoms with Gasteiger partial charge >= 0.3 is 0 Å². The molecule has 1 aromatic heterocycles. The summed E-state index contributed by atoms with van der Waals surface area (Å²) in [5.41, 5.74) is 0.0268. The summed E-state index contributed by atoms with van der Waals surface area (Å²) in [6, 6.07) is 0. The van der Waals surface area contributed by atoms with Crippen molar-refractivity contribution >= 4 is 17.2 Å². The van der Waals surface area contributed by atoms with E-state index >= 15 is 0 Å². The van der Waals surface area contributed by atoms with Gasteiger partial charge in [-0.3, -0.25) is 9.69 Å². The molecule has 114 valence electrons. The van der Waals surface area contributed by atoms with Gasteiger partial charge in [0, 0.05) is 31.1 Å². The second-order valence-corrected chi connectivity index (χ2v) is 7.09. The van der Waals surface area contributed by atoms with E-state index in [0.717, 1.165) is 45.3 Å². The van der Waals surface area contributed by atoms with Crippen LogP contribution in [-0.4, -0.2) is 45.9 Å². The molecule has 3 heterocycles. The van der Waals surface area contributed by atoms with E-state index in [4.69, 9.17) is 0 Å². The summed E-state index contributed by atoms with van der Waals surface area (Å²) in [5.74, 6) is 0.303. The molecule has 4 nitrogen and oxygen atoms in total. The smallest absolute Gasteiger partial charge is 0.223 e. The molecule has 0 radical (unpaired) electrons. The Morgan fingerprint density at radius 3 is 3.05 bits per heavy atom. The van der Waals surface area contributed by atoms with Gasteiger partial charge in [0.1, 0.15) is 5.01 Å². The number of hydrogen-bond acceptors (Lipinski definition) is 4. The Balaban J connectivity index is 1.75. The third-order valence-electron chi connectivity index (χ3n) is 4.69. The largest absolute Gasteiger partial charge is 0.332 e. The van der Waals surface area contributed by atoms with Crippen molar-refractivity contribution in [2.45, 2.75) is 44.2 Å². The van der Waals surface area contributed by atoms with Crippen LogP contribution in [0.25, 0.3) is 0 Å². The highest BCUT2D eigenvalue weighted by atomic mass is 32.1. The zero-order chi connectivity index (χ0) is 14.7. The van der Waals surface area contributed by atoms with Crippen LogP contribution in [0.1, 0.15) is 37.1 Å². The van der Waals surface area contributed by atoms with Gasteiger partial charge in [0.25, 0.3) is 0 Å². The van der Waals surface area contributed by atoms with Gasteiger partial charge in [-0.2, -0.15) is 0 Å². The van der Waals surface area contributed by atoms with E-state index < -0.39 is 0 Å². The lowest BCUT2D eigenvalue weighted by atomic mass is 9.79. The molecule has 0 aromatic carbocycles. The number of carbonyl (C=O) groups excluding carboxylic acids is 1. The number of nitrogens with zero attached hydrogens (tertiary/aromatic N) is 3. The maximum Gasteiger partial charge on any atom is 0.223 e. The molecule has 21 heavy (non-hydrogen) atoms. The van der Waals surface area contributed by atoms with Gasteiger partial charge in [0.05, 0.1) is 12.1 Å². The Morgan fingerprint density at radius 2 is 2.29 bits per heavy atom. The van der Waals surface area contributed by atoms with E-state index in [1.165, 1.54) is 5.01 Å². The van der Waals surface area contributed by atoms with Gasteiger partial charge in [-0.1, -0.05) is 6.08 Å². The van der Waals surface area contributed by atoms with Crippen LogP contribution >= 0.6 is 11.3 Å². The predicted molar refractivity (Wildman–Crippen MR) is 85.1 cm³/mol. The molecule has 3 rings (SSSR count). The van der Waals surface area contributed by atoms with E-state index in [1.807, 2.05) is 17.7 Å². The fourth-order valence-electron chi connectivity index (χ4n) is 3.82. The lowest BCUT2D eigenvalue weighted by molar-refractivity contribution is -0.144. The third kappa shape index (κ3) is 3.04. The molecule has 0 N–H and O–H groups in total. The maximum absolute atomic E-state index is 12.3. The molecular formula is C16H23N3OS. The normalized spacial score (nSPS) is 27.2. The molecule has 0 bridgehead atoms. The number of likely N-dealkylation sites (tertiary alicyclic amines) is 2. The molecule has 2 fully saturated rings. The van der Waals surface area contributed by atoms with Crippen molar-refractivity contribution in [2.24, 2.45) is 0 Å².